The van der Waals surface area contributed by atoms with Gasteiger partial charge in [-0.25, -0.2) is 14.6 Å². The minimum absolute atomic E-state index is 0.142. The van der Waals surface area contributed by atoms with E-state index in [4.69, 9.17) is 15.2 Å². The van der Waals surface area contributed by atoms with Gasteiger partial charge in [0.1, 0.15) is 11.4 Å². The molecule has 0 aliphatic rings. The topological polar surface area (TPSA) is 107 Å². The van der Waals surface area contributed by atoms with Gasteiger partial charge in [0, 0.05) is 29.0 Å². The van der Waals surface area contributed by atoms with Crippen molar-refractivity contribution in [2.45, 2.75) is 59.1 Å². The third kappa shape index (κ3) is 7.81. The van der Waals surface area contributed by atoms with Crippen LogP contribution in [-0.2, 0) is 15.9 Å². The molecular weight excluding hydrogens is 396 g/mol. The van der Waals surface area contributed by atoms with Crippen molar-refractivity contribution in [2.24, 2.45) is 0 Å². The van der Waals surface area contributed by atoms with Crippen LogP contribution in [0.4, 0.5) is 26.8 Å². The molecule has 31 heavy (non-hydrogen) atoms. The summed E-state index contributed by atoms with van der Waals surface area (Å²) in [7, 11) is 0. The first kappa shape index (κ1) is 24.0. The van der Waals surface area contributed by atoms with Gasteiger partial charge in [-0.15, -0.1) is 0 Å². The smallest absolute Gasteiger partial charge is 0.414 e. The second-order valence-electron chi connectivity index (χ2n) is 9.10. The second-order valence-corrected chi connectivity index (χ2v) is 9.10. The molecule has 1 aromatic carbocycles. The minimum Gasteiger partial charge on any atom is -0.449 e. The third-order valence-electron chi connectivity index (χ3n) is 4.02. The Bertz CT molecular complexity index is 899. The number of rotatable bonds is 5. The lowest BCUT2D eigenvalue weighted by atomic mass is 10.1. The maximum absolute atomic E-state index is 12.8. The zero-order valence-corrected chi connectivity index (χ0v) is 19.1. The quantitative estimate of drug-likeness (QED) is 0.649. The second kappa shape index (κ2) is 9.68. The van der Waals surface area contributed by atoms with Gasteiger partial charge in [-0.3, -0.25) is 10.2 Å². The van der Waals surface area contributed by atoms with Gasteiger partial charge in [0.15, 0.2) is 0 Å². The van der Waals surface area contributed by atoms with Gasteiger partial charge in [0.2, 0.25) is 0 Å². The summed E-state index contributed by atoms with van der Waals surface area (Å²) in [5, 5.41) is 2.60. The molecule has 0 unspecified atom stereocenters. The SMILES string of the molecule is CC(C)(C)OC(=O)Nc1cccc(CCOC(=O)N(c2ccc(N)cc2)C(C)(C)C)n1. The average molecular weight is 429 g/mol. The van der Waals surface area contributed by atoms with Crippen molar-refractivity contribution in [3.63, 3.8) is 0 Å². The largest absolute Gasteiger partial charge is 0.449 e. The molecule has 2 rings (SSSR count). The highest BCUT2D eigenvalue weighted by Crippen LogP contribution is 2.25. The van der Waals surface area contributed by atoms with E-state index in [9.17, 15) is 9.59 Å². The Morgan fingerprint density at radius 3 is 2.26 bits per heavy atom. The molecule has 1 aromatic heterocycles. The van der Waals surface area contributed by atoms with E-state index in [1.165, 1.54) is 0 Å². The van der Waals surface area contributed by atoms with Crippen LogP contribution in [0.15, 0.2) is 42.5 Å². The molecule has 2 amide bonds. The lowest BCUT2D eigenvalue weighted by molar-refractivity contribution is 0.0635. The first-order valence-electron chi connectivity index (χ1n) is 10.1. The molecular formula is C23H32N4O4. The average Bonchev–Trinajstić information content (AvgIpc) is 2.61. The van der Waals surface area contributed by atoms with E-state index in [1.807, 2.05) is 20.8 Å². The molecule has 0 bridgehead atoms. The third-order valence-corrected chi connectivity index (χ3v) is 4.02. The number of anilines is 3. The van der Waals surface area contributed by atoms with Crippen LogP contribution in [0.5, 0.6) is 0 Å². The Balaban J connectivity index is 1.98. The van der Waals surface area contributed by atoms with E-state index in [1.54, 1.807) is 68.1 Å². The molecule has 8 nitrogen and oxygen atoms in total. The van der Waals surface area contributed by atoms with Gasteiger partial charge in [-0.1, -0.05) is 6.07 Å². The van der Waals surface area contributed by atoms with Crippen LogP contribution in [0.3, 0.4) is 0 Å². The molecule has 0 radical (unpaired) electrons. The monoisotopic (exact) mass is 428 g/mol. The number of carbonyl (C=O) groups is 2. The van der Waals surface area contributed by atoms with Crippen molar-refractivity contribution in [1.82, 2.24) is 4.98 Å². The Hall–Kier alpha value is -3.29. The predicted octanol–water partition coefficient (Wildman–Crippen LogP) is 5.00. The number of benzene rings is 1. The maximum atomic E-state index is 12.8. The fourth-order valence-electron chi connectivity index (χ4n) is 2.79. The van der Waals surface area contributed by atoms with Crippen molar-refractivity contribution >= 4 is 29.4 Å². The van der Waals surface area contributed by atoms with Crippen LogP contribution >= 0.6 is 0 Å². The molecule has 0 aliphatic carbocycles. The van der Waals surface area contributed by atoms with E-state index < -0.39 is 23.3 Å². The van der Waals surface area contributed by atoms with E-state index in [2.05, 4.69) is 10.3 Å². The van der Waals surface area contributed by atoms with Gasteiger partial charge in [-0.2, -0.15) is 0 Å². The van der Waals surface area contributed by atoms with Crippen LogP contribution in [-0.4, -0.2) is 34.9 Å². The molecule has 3 N–H and O–H groups in total. The number of nitrogens with one attached hydrogen (secondary N) is 1. The summed E-state index contributed by atoms with van der Waals surface area (Å²) in [5.41, 5.74) is 6.67. The van der Waals surface area contributed by atoms with Crippen LogP contribution in [0.1, 0.15) is 47.2 Å². The number of hydrogen-bond donors (Lipinski definition) is 2. The highest BCUT2D eigenvalue weighted by atomic mass is 16.6. The highest BCUT2D eigenvalue weighted by Gasteiger charge is 2.29. The zero-order chi connectivity index (χ0) is 23.2. The number of pyridine rings is 1. The fraction of sp³-hybridized carbons (Fsp3) is 0.435. The standard InChI is InChI=1S/C23H32N4O4/c1-22(2,3)27(18-12-10-16(24)11-13-18)21(29)30-15-14-17-8-7-9-19(25-17)26-20(28)31-23(4,5)6/h7-13H,14-15,24H2,1-6H3,(H,25,26,28). The van der Waals surface area contributed by atoms with Crippen molar-refractivity contribution in [3.8, 4) is 0 Å². The Labute approximate surface area is 183 Å². The van der Waals surface area contributed by atoms with Crippen LogP contribution in [0.2, 0.25) is 0 Å². The lowest BCUT2D eigenvalue weighted by Crippen LogP contribution is -2.46. The maximum Gasteiger partial charge on any atom is 0.414 e. The lowest BCUT2D eigenvalue weighted by Gasteiger charge is -2.34. The molecule has 2 aromatic rings. The Morgan fingerprint density at radius 1 is 1.03 bits per heavy atom. The number of ether oxygens (including phenoxy) is 2. The molecule has 1 heterocycles. The Morgan fingerprint density at radius 2 is 1.68 bits per heavy atom. The predicted molar refractivity (Wildman–Crippen MR) is 122 cm³/mol. The van der Waals surface area contributed by atoms with Crippen LogP contribution < -0.4 is 16.0 Å². The number of nitrogens with two attached hydrogens (primary N) is 1. The van der Waals surface area contributed by atoms with Gasteiger partial charge in [0.05, 0.1) is 6.61 Å². The molecule has 0 aliphatic heterocycles. The molecule has 168 valence electrons. The number of carbonyl (C=O) groups excluding carboxylic acids is 2. The van der Waals surface area contributed by atoms with Crippen LogP contribution in [0.25, 0.3) is 0 Å². The molecule has 0 fully saturated rings. The molecule has 0 atom stereocenters. The number of nitrogen functional groups attached to an aromatic ring is 1. The Kier molecular flexibility index (Phi) is 7.49. The molecule has 8 heteroatoms. The summed E-state index contributed by atoms with van der Waals surface area (Å²) in [6.07, 6.45) is -0.636. The number of hydrogen-bond acceptors (Lipinski definition) is 6. The van der Waals surface area contributed by atoms with Crippen molar-refractivity contribution < 1.29 is 19.1 Å². The zero-order valence-electron chi connectivity index (χ0n) is 19.1. The molecule has 0 saturated carbocycles. The summed E-state index contributed by atoms with van der Waals surface area (Å²) in [4.78, 5) is 30.7. The summed E-state index contributed by atoms with van der Waals surface area (Å²) in [6.45, 7) is 11.3. The van der Waals surface area contributed by atoms with Gasteiger partial charge in [0.25, 0.3) is 0 Å². The summed E-state index contributed by atoms with van der Waals surface area (Å²) in [6, 6.07) is 12.3. The first-order valence-corrected chi connectivity index (χ1v) is 10.1. The molecule has 0 spiro atoms. The first-order chi connectivity index (χ1) is 14.3. The van der Waals surface area contributed by atoms with E-state index in [0.717, 1.165) is 0 Å². The highest BCUT2D eigenvalue weighted by molar-refractivity contribution is 5.89. The summed E-state index contributed by atoms with van der Waals surface area (Å²) in [5.74, 6) is 0.372. The molecule has 0 saturated heterocycles. The normalized spacial score (nSPS) is 11.5. The van der Waals surface area contributed by atoms with Crippen LogP contribution in [0, 0.1) is 0 Å². The van der Waals surface area contributed by atoms with Crippen molar-refractivity contribution in [2.75, 3.05) is 22.6 Å². The van der Waals surface area contributed by atoms with E-state index >= 15 is 0 Å². The summed E-state index contributed by atoms with van der Waals surface area (Å²) >= 11 is 0. The number of aromatic nitrogens is 1. The minimum atomic E-state index is -0.598. The van der Waals surface area contributed by atoms with Gasteiger partial charge >= 0.3 is 12.2 Å². The van der Waals surface area contributed by atoms with Gasteiger partial charge < -0.3 is 15.2 Å². The fourth-order valence-corrected chi connectivity index (χ4v) is 2.79. The van der Waals surface area contributed by atoms with Crippen molar-refractivity contribution in [3.05, 3.63) is 48.2 Å². The number of amides is 2. The van der Waals surface area contributed by atoms with Crippen molar-refractivity contribution in [1.29, 1.82) is 0 Å². The van der Waals surface area contributed by atoms with Gasteiger partial charge in [-0.05, 0) is 77.9 Å². The summed E-state index contributed by atoms with van der Waals surface area (Å²) < 4.78 is 10.7. The number of nitrogens with zero attached hydrogens (tertiary/aromatic N) is 2. The van der Waals surface area contributed by atoms with E-state index in [0.29, 0.717) is 29.3 Å². The van der Waals surface area contributed by atoms with E-state index in [-0.39, 0.29) is 6.61 Å².